The molecular formula is C21H16Cl2O. The highest BCUT2D eigenvalue weighted by atomic mass is 35.5. The van der Waals surface area contributed by atoms with Gasteiger partial charge in [0.1, 0.15) is 16.5 Å². The van der Waals surface area contributed by atoms with Crippen LogP contribution in [0.1, 0.15) is 25.0 Å². The minimum Gasteiger partial charge on any atom is -0.455 e. The van der Waals surface area contributed by atoms with Crippen LogP contribution in [0.3, 0.4) is 0 Å². The molecule has 0 unspecified atom stereocenters. The predicted molar refractivity (Wildman–Crippen MR) is 101 cm³/mol. The van der Waals surface area contributed by atoms with Crippen molar-refractivity contribution in [1.82, 2.24) is 0 Å². The molecule has 0 bridgehead atoms. The SMILES string of the molecule is CC1(C)c2ccccc2-c2c(Oc3cccc(Cl)c3Cl)cccc21. The first-order chi connectivity index (χ1) is 11.5. The Morgan fingerprint density at radius 3 is 2.25 bits per heavy atom. The molecule has 3 aromatic rings. The van der Waals surface area contributed by atoms with Crippen molar-refractivity contribution in [3.63, 3.8) is 0 Å². The van der Waals surface area contributed by atoms with E-state index in [9.17, 15) is 0 Å². The van der Waals surface area contributed by atoms with Gasteiger partial charge in [0.15, 0.2) is 0 Å². The van der Waals surface area contributed by atoms with Gasteiger partial charge >= 0.3 is 0 Å². The fraction of sp³-hybridized carbons (Fsp3) is 0.143. The Labute approximate surface area is 151 Å². The molecule has 4 rings (SSSR count). The van der Waals surface area contributed by atoms with Crippen LogP contribution in [-0.2, 0) is 5.41 Å². The van der Waals surface area contributed by atoms with Crippen LogP contribution >= 0.6 is 23.2 Å². The third-order valence-corrected chi connectivity index (χ3v) is 5.51. The lowest BCUT2D eigenvalue weighted by atomic mass is 9.82. The zero-order valence-corrected chi connectivity index (χ0v) is 14.9. The second kappa shape index (κ2) is 5.54. The molecule has 0 aliphatic heterocycles. The van der Waals surface area contributed by atoms with E-state index in [0.717, 1.165) is 11.3 Å². The van der Waals surface area contributed by atoms with E-state index in [1.807, 2.05) is 24.3 Å². The van der Waals surface area contributed by atoms with E-state index in [0.29, 0.717) is 15.8 Å². The monoisotopic (exact) mass is 354 g/mol. The molecule has 0 amide bonds. The lowest BCUT2D eigenvalue weighted by molar-refractivity contribution is 0.484. The molecule has 0 saturated carbocycles. The molecule has 1 aliphatic carbocycles. The lowest BCUT2D eigenvalue weighted by Crippen LogP contribution is -2.14. The fourth-order valence-electron chi connectivity index (χ4n) is 3.49. The van der Waals surface area contributed by atoms with Crippen LogP contribution in [0.5, 0.6) is 11.5 Å². The summed E-state index contributed by atoms with van der Waals surface area (Å²) >= 11 is 12.4. The van der Waals surface area contributed by atoms with E-state index < -0.39 is 0 Å². The number of rotatable bonds is 2. The minimum atomic E-state index is -0.0522. The Balaban J connectivity index is 1.90. The highest BCUT2D eigenvalue weighted by Gasteiger charge is 2.37. The van der Waals surface area contributed by atoms with E-state index in [-0.39, 0.29) is 5.41 Å². The van der Waals surface area contributed by atoms with Crippen molar-refractivity contribution in [3.05, 3.63) is 81.8 Å². The molecule has 0 heterocycles. The first kappa shape index (κ1) is 15.6. The maximum Gasteiger partial charge on any atom is 0.147 e. The van der Waals surface area contributed by atoms with Gasteiger partial charge in [0.05, 0.1) is 5.02 Å². The van der Waals surface area contributed by atoms with Gasteiger partial charge in [-0.1, -0.05) is 79.5 Å². The van der Waals surface area contributed by atoms with Crippen LogP contribution in [0.25, 0.3) is 11.1 Å². The second-order valence-corrected chi connectivity index (χ2v) is 7.29. The van der Waals surface area contributed by atoms with Crippen molar-refractivity contribution < 1.29 is 4.74 Å². The number of hydrogen-bond acceptors (Lipinski definition) is 1. The largest absolute Gasteiger partial charge is 0.455 e. The maximum absolute atomic E-state index is 6.29. The Morgan fingerprint density at radius 1 is 0.750 bits per heavy atom. The topological polar surface area (TPSA) is 9.23 Å². The molecule has 120 valence electrons. The Bertz CT molecular complexity index is 944. The quantitative estimate of drug-likeness (QED) is 0.477. The zero-order chi connectivity index (χ0) is 16.9. The van der Waals surface area contributed by atoms with Crippen LogP contribution < -0.4 is 4.74 Å². The Hall–Kier alpha value is -1.96. The van der Waals surface area contributed by atoms with Crippen LogP contribution in [0.15, 0.2) is 60.7 Å². The summed E-state index contributed by atoms with van der Waals surface area (Å²) in [6.45, 7) is 4.49. The summed E-state index contributed by atoms with van der Waals surface area (Å²) in [7, 11) is 0. The van der Waals surface area contributed by atoms with Gasteiger partial charge in [0, 0.05) is 11.0 Å². The summed E-state index contributed by atoms with van der Waals surface area (Å²) in [5.74, 6) is 1.37. The van der Waals surface area contributed by atoms with Crippen LogP contribution in [-0.4, -0.2) is 0 Å². The number of halogens is 2. The smallest absolute Gasteiger partial charge is 0.147 e. The average Bonchev–Trinajstić information content (AvgIpc) is 2.81. The fourth-order valence-corrected chi connectivity index (χ4v) is 3.82. The van der Waals surface area contributed by atoms with Gasteiger partial charge in [-0.05, 0) is 34.9 Å². The maximum atomic E-state index is 6.29. The molecule has 1 nitrogen and oxygen atoms in total. The highest BCUT2D eigenvalue weighted by Crippen LogP contribution is 2.52. The molecule has 0 saturated heterocycles. The molecule has 3 aromatic carbocycles. The molecule has 0 spiro atoms. The molecule has 0 atom stereocenters. The number of benzene rings is 3. The Morgan fingerprint density at radius 2 is 1.42 bits per heavy atom. The van der Waals surface area contributed by atoms with E-state index in [1.165, 1.54) is 16.7 Å². The van der Waals surface area contributed by atoms with E-state index in [4.69, 9.17) is 27.9 Å². The summed E-state index contributed by atoms with van der Waals surface area (Å²) < 4.78 is 6.17. The average molecular weight is 355 g/mol. The number of hydrogen-bond donors (Lipinski definition) is 0. The van der Waals surface area contributed by atoms with Crippen LogP contribution in [0.4, 0.5) is 0 Å². The molecule has 0 fully saturated rings. The van der Waals surface area contributed by atoms with Gasteiger partial charge in [-0.3, -0.25) is 0 Å². The molecule has 0 aromatic heterocycles. The molecule has 0 N–H and O–H groups in total. The number of ether oxygens (including phenoxy) is 1. The van der Waals surface area contributed by atoms with Crippen molar-refractivity contribution in [3.8, 4) is 22.6 Å². The summed E-state index contributed by atoms with van der Waals surface area (Å²) in [6, 6.07) is 20.1. The van der Waals surface area contributed by atoms with Crippen molar-refractivity contribution in [2.24, 2.45) is 0 Å². The molecule has 3 heteroatoms. The third-order valence-electron chi connectivity index (χ3n) is 4.71. The lowest BCUT2D eigenvalue weighted by Gasteiger charge is -2.21. The summed E-state index contributed by atoms with van der Waals surface area (Å²) in [6.07, 6.45) is 0. The van der Waals surface area contributed by atoms with Crippen molar-refractivity contribution in [2.75, 3.05) is 0 Å². The zero-order valence-electron chi connectivity index (χ0n) is 13.4. The van der Waals surface area contributed by atoms with Crippen molar-refractivity contribution in [2.45, 2.75) is 19.3 Å². The van der Waals surface area contributed by atoms with E-state index >= 15 is 0 Å². The first-order valence-electron chi connectivity index (χ1n) is 7.85. The predicted octanol–water partition coefficient (Wildman–Crippen LogP) is 7.09. The van der Waals surface area contributed by atoms with Crippen molar-refractivity contribution >= 4 is 23.2 Å². The molecule has 24 heavy (non-hydrogen) atoms. The standard InChI is InChI=1S/C21H16Cl2O/c1-21(2)14-8-4-3-7-13(14)19-15(21)9-5-11-17(19)24-18-12-6-10-16(22)20(18)23/h3-12H,1-2H3. The molecule has 1 aliphatic rings. The van der Waals surface area contributed by atoms with Gasteiger partial charge in [-0.15, -0.1) is 0 Å². The summed E-state index contributed by atoms with van der Waals surface area (Å²) in [5, 5.41) is 0.921. The van der Waals surface area contributed by atoms with Gasteiger partial charge in [0.2, 0.25) is 0 Å². The van der Waals surface area contributed by atoms with Gasteiger partial charge in [0.25, 0.3) is 0 Å². The van der Waals surface area contributed by atoms with E-state index in [2.05, 4.69) is 44.2 Å². The normalized spacial score (nSPS) is 14.2. The van der Waals surface area contributed by atoms with Gasteiger partial charge in [-0.2, -0.15) is 0 Å². The summed E-state index contributed by atoms with van der Waals surface area (Å²) in [5.41, 5.74) is 4.87. The van der Waals surface area contributed by atoms with Crippen LogP contribution in [0.2, 0.25) is 10.0 Å². The summed E-state index contributed by atoms with van der Waals surface area (Å²) in [4.78, 5) is 0. The second-order valence-electron chi connectivity index (χ2n) is 6.50. The highest BCUT2D eigenvalue weighted by molar-refractivity contribution is 6.42. The van der Waals surface area contributed by atoms with Gasteiger partial charge in [-0.25, -0.2) is 0 Å². The van der Waals surface area contributed by atoms with Crippen molar-refractivity contribution in [1.29, 1.82) is 0 Å². The molecule has 0 radical (unpaired) electrons. The first-order valence-corrected chi connectivity index (χ1v) is 8.61. The molecular weight excluding hydrogens is 339 g/mol. The minimum absolute atomic E-state index is 0.0522. The van der Waals surface area contributed by atoms with Crippen LogP contribution in [0, 0.1) is 0 Å². The number of fused-ring (bicyclic) bond motifs is 3. The van der Waals surface area contributed by atoms with Gasteiger partial charge < -0.3 is 4.74 Å². The Kier molecular flexibility index (Phi) is 3.59. The third kappa shape index (κ3) is 2.23. The van der Waals surface area contributed by atoms with E-state index in [1.54, 1.807) is 6.07 Å².